The van der Waals surface area contributed by atoms with Crippen molar-refractivity contribution in [2.75, 3.05) is 12.4 Å². The molecule has 1 N–H and O–H groups in total. The quantitative estimate of drug-likeness (QED) is 0.673. The molecule has 0 unspecified atom stereocenters. The van der Waals surface area contributed by atoms with Gasteiger partial charge in [-0.2, -0.15) is 0 Å². The fourth-order valence-electron chi connectivity index (χ4n) is 1.50. The summed E-state index contributed by atoms with van der Waals surface area (Å²) >= 11 is 1.28. The van der Waals surface area contributed by atoms with Gasteiger partial charge in [0.25, 0.3) is 5.69 Å². The molecule has 0 bridgehead atoms. The first-order valence-corrected chi connectivity index (χ1v) is 6.40. The highest BCUT2D eigenvalue weighted by atomic mass is 32.1. The molecular formula is C11H11FN4O3S. The number of aryl methyl sites for hydroxylation is 1. The Labute approximate surface area is 117 Å². The lowest BCUT2D eigenvalue weighted by Gasteiger charge is -2.06. The number of ether oxygens (including phenoxy) is 1. The number of rotatable bonds is 5. The van der Waals surface area contributed by atoms with Crippen LogP contribution in [0.1, 0.15) is 10.6 Å². The molecule has 0 atom stereocenters. The van der Waals surface area contributed by atoms with Gasteiger partial charge >= 0.3 is 0 Å². The lowest BCUT2D eigenvalue weighted by molar-refractivity contribution is -0.385. The first kappa shape index (κ1) is 14.1. The summed E-state index contributed by atoms with van der Waals surface area (Å²) in [6.45, 7) is 1.57. The Kier molecular flexibility index (Phi) is 4.08. The van der Waals surface area contributed by atoms with E-state index >= 15 is 0 Å². The van der Waals surface area contributed by atoms with Gasteiger partial charge in [0.05, 0.1) is 11.0 Å². The van der Waals surface area contributed by atoms with Crippen LogP contribution in [-0.2, 0) is 6.61 Å². The molecule has 106 valence electrons. The number of hydrogen-bond donors (Lipinski definition) is 1. The van der Waals surface area contributed by atoms with Crippen LogP contribution in [0.5, 0.6) is 5.75 Å². The van der Waals surface area contributed by atoms with Crippen LogP contribution in [0.25, 0.3) is 0 Å². The molecule has 9 heteroatoms. The lowest BCUT2D eigenvalue weighted by Crippen LogP contribution is -2.00. The average molecular weight is 298 g/mol. The molecule has 0 radical (unpaired) electrons. The van der Waals surface area contributed by atoms with Gasteiger partial charge < -0.3 is 10.1 Å². The van der Waals surface area contributed by atoms with E-state index in [9.17, 15) is 14.5 Å². The Morgan fingerprint density at radius 1 is 1.50 bits per heavy atom. The largest absolute Gasteiger partial charge is 0.483 e. The van der Waals surface area contributed by atoms with Crippen LogP contribution in [0.15, 0.2) is 12.1 Å². The van der Waals surface area contributed by atoms with Gasteiger partial charge in [0.1, 0.15) is 6.61 Å². The number of nitro groups is 1. The number of nitrogens with zero attached hydrogens (tertiary/aromatic N) is 3. The second kappa shape index (κ2) is 5.78. The zero-order valence-electron chi connectivity index (χ0n) is 10.7. The average Bonchev–Trinajstić information content (AvgIpc) is 2.87. The minimum atomic E-state index is -0.777. The second-order valence-corrected chi connectivity index (χ2v) is 4.93. The fraction of sp³-hybridized carbons (Fsp3) is 0.273. The molecule has 1 aromatic carbocycles. The summed E-state index contributed by atoms with van der Waals surface area (Å²) in [5, 5.41) is 22.4. The molecule has 1 heterocycles. The number of anilines is 1. The van der Waals surface area contributed by atoms with Crippen LogP contribution < -0.4 is 10.1 Å². The van der Waals surface area contributed by atoms with Gasteiger partial charge in [-0.05, 0) is 13.0 Å². The van der Waals surface area contributed by atoms with Crippen molar-refractivity contribution in [1.29, 1.82) is 0 Å². The molecule has 0 aliphatic rings. The molecule has 2 rings (SSSR count). The summed E-state index contributed by atoms with van der Waals surface area (Å²) in [7, 11) is 1.71. The molecule has 2 aromatic rings. The first-order valence-electron chi connectivity index (χ1n) is 5.58. The normalized spacial score (nSPS) is 10.3. The summed E-state index contributed by atoms with van der Waals surface area (Å²) < 4.78 is 19.0. The number of hydrogen-bond acceptors (Lipinski definition) is 7. The van der Waals surface area contributed by atoms with Gasteiger partial charge in [0.15, 0.2) is 16.6 Å². The summed E-state index contributed by atoms with van der Waals surface area (Å²) in [5.74, 6) is -0.824. The van der Waals surface area contributed by atoms with E-state index < -0.39 is 10.7 Å². The Balaban J connectivity index is 2.13. The molecule has 7 nitrogen and oxygen atoms in total. The molecule has 0 amide bonds. The predicted octanol–water partition coefficient (Wildman–Crippen LogP) is 2.51. The third-order valence-electron chi connectivity index (χ3n) is 2.48. The first-order chi connectivity index (χ1) is 9.51. The van der Waals surface area contributed by atoms with Crippen molar-refractivity contribution in [3.63, 3.8) is 0 Å². The maximum absolute atomic E-state index is 13.7. The molecule has 0 aliphatic heterocycles. The maximum atomic E-state index is 13.7. The van der Waals surface area contributed by atoms with E-state index in [4.69, 9.17) is 4.74 Å². The van der Waals surface area contributed by atoms with Crippen molar-refractivity contribution in [2.24, 2.45) is 0 Å². The fourth-order valence-corrected chi connectivity index (χ4v) is 2.11. The van der Waals surface area contributed by atoms with Crippen molar-refractivity contribution >= 4 is 22.2 Å². The minimum absolute atomic E-state index is 0.0469. The van der Waals surface area contributed by atoms with Crippen LogP contribution >= 0.6 is 11.3 Å². The highest BCUT2D eigenvalue weighted by molar-refractivity contribution is 7.15. The van der Waals surface area contributed by atoms with Gasteiger partial charge in [-0.25, -0.2) is 4.39 Å². The van der Waals surface area contributed by atoms with Crippen molar-refractivity contribution in [3.05, 3.63) is 38.6 Å². The number of nitro benzene ring substituents is 1. The number of benzene rings is 1. The third-order valence-corrected chi connectivity index (χ3v) is 3.39. The SMILES string of the molecule is CNc1nnc(COc2cc(C)c([N+](=O)[O-])cc2F)s1. The van der Waals surface area contributed by atoms with E-state index in [0.717, 1.165) is 6.07 Å². The van der Waals surface area contributed by atoms with Crippen LogP contribution in [0, 0.1) is 22.9 Å². The highest BCUT2D eigenvalue weighted by Gasteiger charge is 2.16. The van der Waals surface area contributed by atoms with E-state index in [1.807, 2.05) is 0 Å². The number of halogens is 1. The van der Waals surface area contributed by atoms with Gasteiger partial charge in [-0.15, -0.1) is 10.2 Å². The number of aromatic nitrogens is 2. The summed E-state index contributed by atoms with van der Waals surface area (Å²) in [6.07, 6.45) is 0. The molecule has 0 spiro atoms. The maximum Gasteiger partial charge on any atom is 0.275 e. The third kappa shape index (κ3) is 2.99. The highest BCUT2D eigenvalue weighted by Crippen LogP contribution is 2.28. The molecule has 20 heavy (non-hydrogen) atoms. The van der Waals surface area contributed by atoms with Crippen LogP contribution in [0.3, 0.4) is 0 Å². The molecule has 0 saturated carbocycles. The Bertz CT molecular complexity index is 647. The van der Waals surface area contributed by atoms with Crippen molar-refractivity contribution in [1.82, 2.24) is 10.2 Å². The van der Waals surface area contributed by atoms with Gasteiger partial charge in [-0.1, -0.05) is 11.3 Å². The molecule has 0 aliphatic carbocycles. The Morgan fingerprint density at radius 2 is 2.25 bits per heavy atom. The van der Waals surface area contributed by atoms with Crippen LogP contribution in [-0.4, -0.2) is 22.2 Å². The smallest absolute Gasteiger partial charge is 0.275 e. The second-order valence-electron chi connectivity index (χ2n) is 3.87. The molecular weight excluding hydrogens is 287 g/mol. The van der Waals surface area contributed by atoms with Crippen molar-refractivity contribution in [2.45, 2.75) is 13.5 Å². The topological polar surface area (TPSA) is 90.2 Å². The zero-order valence-corrected chi connectivity index (χ0v) is 11.5. The van der Waals surface area contributed by atoms with Gasteiger partial charge in [0, 0.05) is 12.6 Å². The van der Waals surface area contributed by atoms with Crippen molar-refractivity contribution < 1.29 is 14.1 Å². The standard InChI is InChI=1S/C11H11FN4O3S/c1-6-3-9(7(12)4-8(6)16(17)18)19-5-10-14-15-11(13-2)20-10/h3-4H,5H2,1-2H3,(H,13,15). The zero-order chi connectivity index (χ0) is 14.7. The summed E-state index contributed by atoms with van der Waals surface area (Å²) in [4.78, 5) is 10.0. The molecule has 0 fully saturated rings. The van der Waals surface area contributed by atoms with Crippen LogP contribution in [0.2, 0.25) is 0 Å². The van der Waals surface area contributed by atoms with E-state index in [1.165, 1.54) is 24.3 Å². The minimum Gasteiger partial charge on any atom is -0.483 e. The molecule has 1 aromatic heterocycles. The summed E-state index contributed by atoms with van der Waals surface area (Å²) in [6, 6.07) is 2.15. The monoisotopic (exact) mass is 298 g/mol. The number of nitrogens with one attached hydrogen (secondary N) is 1. The lowest BCUT2D eigenvalue weighted by atomic mass is 10.2. The van der Waals surface area contributed by atoms with Crippen LogP contribution in [0.4, 0.5) is 15.2 Å². The van der Waals surface area contributed by atoms with E-state index in [0.29, 0.717) is 15.7 Å². The Hall–Kier alpha value is -2.29. The van der Waals surface area contributed by atoms with Crippen molar-refractivity contribution in [3.8, 4) is 5.75 Å². The van der Waals surface area contributed by atoms with Gasteiger partial charge in [0.2, 0.25) is 5.13 Å². The van der Waals surface area contributed by atoms with E-state index in [-0.39, 0.29) is 18.0 Å². The van der Waals surface area contributed by atoms with E-state index in [2.05, 4.69) is 15.5 Å². The predicted molar refractivity (Wildman–Crippen MR) is 71.6 cm³/mol. The van der Waals surface area contributed by atoms with E-state index in [1.54, 1.807) is 7.05 Å². The van der Waals surface area contributed by atoms with Gasteiger partial charge in [-0.3, -0.25) is 10.1 Å². The molecule has 0 saturated heterocycles. The summed E-state index contributed by atoms with van der Waals surface area (Å²) in [5.41, 5.74) is 0.0582. The Morgan fingerprint density at radius 3 is 2.85 bits per heavy atom.